The van der Waals surface area contributed by atoms with Gasteiger partial charge in [-0.1, -0.05) is 17.7 Å². The second-order valence-electron chi connectivity index (χ2n) is 4.00. The third-order valence-electron chi connectivity index (χ3n) is 2.64. The molecule has 0 aliphatic rings. The fraction of sp³-hybridized carbons (Fsp3) is 0.0714. The summed E-state index contributed by atoms with van der Waals surface area (Å²) in [5, 5.41) is 8.92. The van der Waals surface area contributed by atoms with Crippen molar-refractivity contribution in [3.05, 3.63) is 58.4 Å². The van der Waals surface area contributed by atoms with E-state index in [0.717, 1.165) is 24.3 Å². The van der Waals surface area contributed by atoms with Gasteiger partial charge in [-0.05, 0) is 35.9 Å². The first-order valence-corrected chi connectivity index (χ1v) is 5.77. The van der Waals surface area contributed by atoms with Gasteiger partial charge in [-0.2, -0.15) is 18.4 Å². The van der Waals surface area contributed by atoms with Crippen LogP contribution < -0.4 is 0 Å². The number of nitrogens with zero attached hydrogens (tertiary/aromatic N) is 1. The van der Waals surface area contributed by atoms with Crippen molar-refractivity contribution >= 4 is 11.6 Å². The van der Waals surface area contributed by atoms with Crippen molar-refractivity contribution in [2.24, 2.45) is 0 Å². The molecular weight excluding hydrogens is 294 g/mol. The average molecular weight is 300 g/mol. The van der Waals surface area contributed by atoms with Gasteiger partial charge < -0.3 is 0 Å². The molecule has 0 unspecified atom stereocenters. The molecular formula is C14H6ClF4N. The quantitative estimate of drug-likeness (QED) is 0.677. The molecule has 0 aromatic heterocycles. The SMILES string of the molecule is N#Cc1cccc(C(F)(F)F)c1-c1cc(F)cc(Cl)c1. The van der Waals surface area contributed by atoms with Crippen molar-refractivity contribution in [1.29, 1.82) is 5.26 Å². The molecule has 0 bridgehead atoms. The summed E-state index contributed by atoms with van der Waals surface area (Å²) in [6.07, 6.45) is -4.65. The molecule has 0 aliphatic heterocycles. The number of halogens is 5. The van der Waals surface area contributed by atoms with E-state index in [9.17, 15) is 17.6 Å². The Bertz CT molecular complexity index is 681. The van der Waals surface area contributed by atoms with Gasteiger partial charge in [0.1, 0.15) is 5.82 Å². The maximum Gasteiger partial charge on any atom is 0.417 e. The fourth-order valence-corrected chi connectivity index (χ4v) is 2.11. The number of alkyl halides is 3. The van der Waals surface area contributed by atoms with Gasteiger partial charge >= 0.3 is 6.18 Å². The summed E-state index contributed by atoms with van der Waals surface area (Å²) in [6.45, 7) is 0. The zero-order valence-electron chi connectivity index (χ0n) is 9.80. The summed E-state index contributed by atoms with van der Waals surface area (Å²) in [7, 11) is 0. The number of benzene rings is 2. The van der Waals surface area contributed by atoms with Gasteiger partial charge in [0.15, 0.2) is 0 Å². The third kappa shape index (κ3) is 2.75. The monoisotopic (exact) mass is 299 g/mol. The van der Waals surface area contributed by atoms with E-state index in [1.165, 1.54) is 12.1 Å². The number of hydrogen-bond donors (Lipinski definition) is 0. The van der Waals surface area contributed by atoms with Crippen LogP contribution in [0.5, 0.6) is 0 Å². The topological polar surface area (TPSA) is 23.8 Å². The molecule has 2 aromatic rings. The van der Waals surface area contributed by atoms with Crippen LogP contribution in [0.3, 0.4) is 0 Å². The summed E-state index contributed by atoms with van der Waals surface area (Å²) >= 11 is 5.66. The summed E-state index contributed by atoms with van der Waals surface area (Å²) < 4.78 is 52.4. The van der Waals surface area contributed by atoms with Crippen molar-refractivity contribution in [2.45, 2.75) is 6.18 Å². The Morgan fingerprint density at radius 2 is 1.80 bits per heavy atom. The Labute approximate surface area is 117 Å². The first kappa shape index (κ1) is 14.4. The number of nitriles is 1. The van der Waals surface area contributed by atoms with Crippen LogP contribution in [0, 0.1) is 17.1 Å². The second kappa shape index (κ2) is 5.14. The molecule has 0 atom stereocenters. The zero-order valence-corrected chi connectivity index (χ0v) is 10.6. The van der Waals surface area contributed by atoms with Crippen LogP contribution in [-0.2, 0) is 6.18 Å². The van der Waals surface area contributed by atoms with Crippen LogP contribution in [0.15, 0.2) is 36.4 Å². The highest BCUT2D eigenvalue weighted by Crippen LogP contribution is 2.39. The lowest BCUT2D eigenvalue weighted by Gasteiger charge is -2.14. The Balaban J connectivity index is 2.81. The fourth-order valence-electron chi connectivity index (χ4n) is 1.89. The van der Waals surface area contributed by atoms with E-state index in [4.69, 9.17) is 16.9 Å². The molecule has 0 saturated carbocycles. The Kier molecular flexibility index (Phi) is 3.69. The largest absolute Gasteiger partial charge is 0.417 e. The average Bonchev–Trinajstić information content (AvgIpc) is 2.35. The van der Waals surface area contributed by atoms with Crippen molar-refractivity contribution in [3.63, 3.8) is 0 Å². The van der Waals surface area contributed by atoms with Gasteiger partial charge in [0.25, 0.3) is 0 Å². The molecule has 0 radical (unpaired) electrons. The van der Waals surface area contributed by atoms with E-state index < -0.39 is 17.6 Å². The molecule has 6 heteroatoms. The lowest BCUT2D eigenvalue weighted by molar-refractivity contribution is -0.137. The van der Waals surface area contributed by atoms with Crippen LogP contribution in [0.1, 0.15) is 11.1 Å². The van der Waals surface area contributed by atoms with Gasteiger partial charge in [-0.15, -0.1) is 0 Å². The van der Waals surface area contributed by atoms with Crippen LogP contribution in [-0.4, -0.2) is 0 Å². The molecule has 1 nitrogen and oxygen atoms in total. The highest BCUT2D eigenvalue weighted by Gasteiger charge is 2.34. The first-order valence-electron chi connectivity index (χ1n) is 5.39. The zero-order chi connectivity index (χ0) is 14.9. The molecule has 2 aromatic carbocycles. The standard InChI is InChI=1S/C14H6ClF4N/c15-10-4-9(5-11(16)6-10)13-8(7-20)2-1-3-12(13)14(17,18)19/h1-6H. The maximum absolute atomic E-state index is 13.3. The number of rotatable bonds is 1. The summed E-state index contributed by atoms with van der Waals surface area (Å²) in [6, 6.07) is 7.98. The van der Waals surface area contributed by atoms with E-state index in [0.29, 0.717) is 0 Å². The van der Waals surface area contributed by atoms with Crippen LogP contribution in [0.2, 0.25) is 5.02 Å². The van der Waals surface area contributed by atoms with Crippen molar-refractivity contribution in [2.75, 3.05) is 0 Å². The van der Waals surface area contributed by atoms with E-state index >= 15 is 0 Å². The molecule has 0 saturated heterocycles. The maximum atomic E-state index is 13.3. The Hall–Kier alpha value is -2.06. The smallest absolute Gasteiger partial charge is 0.207 e. The highest BCUT2D eigenvalue weighted by molar-refractivity contribution is 6.30. The summed E-state index contributed by atoms with van der Waals surface area (Å²) in [5.74, 6) is -0.770. The molecule has 0 spiro atoms. The predicted molar refractivity (Wildman–Crippen MR) is 66.6 cm³/mol. The lowest BCUT2D eigenvalue weighted by Crippen LogP contribution is -2.08. The van der Waals surface area contributed by atoms with Crippen LogP contribution in [0.4, 0.5) is 17.6 Å². The molecule has 0 fully saturated rings. The molecule has 0 N–H and O–H groups in total. The Morgan fingerprint density at radius 1 is 1.10 bits per heavy atom. The molecule has 20 heavy (non-hydrogen) atoms. The molecule has 2 rings (SSSR count). The van der Waals surface area contributed by atoms with Gasteiger partial charge in [0.2, 0.25) is 0 Å². The molecule has 0 heterocycles. The van der Waals surface area contributed by atoms with Crippen molar-refractivity contribution in [3.8, 4) is 17.2 Å². The second-order valence-corrected chi connectivity index (χ2v) is 4.43. The summed E-state index contributed by atoms with van der Waals surface area (Å²) in [5.41, 5.74) is -1.65. The minimum absolute atomic E-state index is 0.0409. The van der Waals surface area contributed by atoms with Gasteiger partial charge in [0, 0.05) is 10.6 Å². The number of hydrogen-bond acceptors (Lipinski definition) is 1. The van der Waals surface area contributed by atoms with Gasteiger partial charge in [-0.25, -0.2) is 4.39 Å². The third-order valence-corrected chi connectivity index (χ3v) is 2.86. The van der Waals surface area contributed by atoms with Gasteiger partial charge in [-0.3, -0.25) is 0 Å². The normalized spacial score (nSPS) is 11.2. The minimum atomic E-state index is -4.65. The van der Waals surface area contributed by atoms with Crippen molar-refractivity contribution in [1.82, 2.24) is 0 Å². The minimum Gasteiger partial charge on any atom is -0.207 e. The lowest BCUT2D eigenvalue weighted by atomic mass is 9.94. The van der Waals surface area contributed by atoms with Gasteiger partial charge in [0.05, 0.1) is 17.2 Å². The summed E-state index contributed by atoms with van der Waals surface area (Å²) in [4.78, 5) is 0. The van der Waals surface area contributed by atoms with E-state index in [1.54, 1.807) is 6.07 Å². The molecule has 0 aliphatic carbocycles. The van der Waals surface area contributed by atoms with E-state index in [2.05, 4.69) is 0 Å². The van der Waals surface area contributed by atoms with E-state index in [-0.39, 0.29) is 21.7 Å². The molecule has 102 valence electrons. The molecule has 0 amide bonds. The van der Waals surface area contributed by atoms with E-state index in [1.807, 2.05) is 0 Å². The van der Waals surface area contributed by atoms with Crippen LogP contribution in [0.25, 0.3) is 11.1 Å². The first-order chi connectivity index (χ1) is 9.32. The Morgan fingerprint density at radius 3 is 2.35 bits per heavy atom. The van der Waals surface area contributed by atoms with Crippen LogP contribution >= 0.6 is 11.6 Å². The highest BCUT2D eigenvalue weighted by atomic mass is 35.5. The predicted octanol–water partition coefficient (Wildman–Crippen LogP) is 5.04. The van der Waals surface area contributed by atoms with Crippen molar-refractivity contribution < 1.29 is 17.6 Å².